The van der Waals surface area contributed by atoms with Crippen molar-refractivity contribution in [1.82, 2.24) is 0 Å². The van der Waals surface area contributed by atoms with E-state index in [9.17, 15) is 0 Å². The molecule has 1 aliphatic rings. The third kappa shape index (κ3) is 1.96. The molecule has 0 spiro atoms. The molecule has 3 aromatic rings. The maximum atomic E-state index is 7.99. The number of benzene rings is 2. The molecule has 0 aliphatic heterocycles. The summed E-state index contributed by atoms with van der Waals surface area (Å²) in [5.41, 5.74) is 8.94. The molecule has 0 amide bonds. The number of pyridine rings is 1. The van der Waals surface area contributed by atoms with Crippen LogP contribution in [0.4, 0.5) is 0 Å². The molecule has 1 aliphatic carbocycles. The van der Waals surface area contributed by atoms with E-state index in [4.69, 9.17) is 1.37 Å². The maximum absolute atomic E-state index is 7.99. The molecule has 1 nitrogen and oxygen atoms in total. The molecule has 1 heteroatoms. The van der Waals surface area contributed by atoms with E-state index in [1.165, 1.54) is 39.1 Å². The molecule has 0 fully saturated rings. The average molecular weight is 301 g/mol. The van der Waals surface area contributed by atoms with Crippen molar-refractivity contribution in [2.75, 3.05) is 0 Å². The summed E-state index contributed by atoms with van der Waals surface area (Å²) in [6, 6.07) is 17.6. The fraction of sp³-hybridized carbons (Fsp3) is 0.227. The number of fused-ring (bicyclic) bond motifs is 3. The summed E-state index contributed by atoms with van der Waals surface area (Å²) in [6.45, 7) is 6.72. The van der Waals surface area contributed by atoms with E-state index in [1.54, 1.807) is 0 Å². The molecule has 0 unspecified atom stereocenters. The zero-order chi connectivity index (χ0) is 17.1. The molecule has 1 aromatic heterocycles. The summed E-state index contributed by atoms with van der Waals surface area (Å²) in [4.78, 5) is 0. The molecule has 1 heterocycles. The van der Waals surface area contributed by atoms with E-state index < -0.39 is 0 Å². The van der Waals surface area contributed by atoms with Gasteiger partial charge in [-0.05, 0) is 46.9 Å². The molecule has 0 saturated carbocycles. The summed E-state index contributed by atoms with van der Waals surface area (Å²) in [5, 5.41) is 0. The first-order valence-electron chi connectivity index (χ1n) is 8.61. The van der Waals surface area contributed by atoms with Crippen LogP contribution in [0.5, 0.6) is 0 Å². The normalized spacial score (nSPS) is 15.0. The Balaban J connectivity index is 2.02. The molecule has 23 heavy (non-hydrogen) atoms. The summed E-state index contributed by atoms with van der Waals surface area (Å²) in [6.07, 6.45) is 2.09. The van der Waals surface area contributed by atoms with Crippen molar-refractivity contribution in [3.8, 4) is 22.4 Å². The van der Waals surface area contributed by atoms with Gasteiger partial charge in [-0.25, -0.2) is 4.57 Å². The number of nitrogens with zero attached hydrogens (tertiary/aromatic N) is 1. The van der Waals surface area contributed by atoms with Crippen molar-refractivity contribution in [1.29, 1.82) is 0 Å². The third-order valence-electron chi connectivity index (χ3n) is 5.20. The van der Waals surface area contributed by atoms with Gasteiger partial charge in [-0.15, -0.1) is 0 Å². The lowest BCUT2D eigenvalue weighted by molar-refractivity contribution is -0.660. The fourth-order valence-electron chi connectivity index (χ4n) is 3.85. The molecule has 4 rings (SSSR count). The molecule has 0 atom stereocenters. The van der Waals surface area contributed by atoms with Gasteiger partial charge in [-0.3, -0.25) is 0 Å². The van der Waals surface area contributed by atoms with E-state index in [1.807, 2.05) is 12.1 Å². The highest BCUT2D eigenvalue weighted by Gasteiger charge is 2.36. The quantitative estimate of drug-likeness (QED) is 0.569. The van der Waals surface area contributed by atoms with Crippen molar-refractivity contribution in [2.45, 2.75) is 26.2 Å². The van der Waals surface area contributed by atoms with Crippen LogP contribution >= 0.6 is 0 Å². The highest BCUT2D eigenvalue weighted by molar-refractivity contribution is 5.84. The lowest BCUT2D eigenvalue weighted by atomic mass is 9.81. The van der Waals surface area contributed by atoms with E-state index in [0.29, 0.717) is 6.04 Å². The number of hydrogen-bond donors (Lipinski definition) is 0. The van der Waals surface area contributed by atoms with E-state index in [2.05, 4.69) is 75.0 Å². The van der Waals surface area contributed by atoms with Gasteiger partial charge in [-0.1, -0.05) is 44.2 Å². The lowest BCUT2D eigenvalue weighted by Gasteiger charge is -2.22. The first kappa shape index (κ1) is 13.1. The van der Waals surface area contributed by atoms with Crippen LogP contribution in [0.1, 0.15) is 31.9 Å². The second-order valence-corrected chi connectivity index (χ2v) is 7.01. The zero-order valence-electron chi connectivity index (χ0n) is 15.1. The van der Waals surface area contributed by atoms with Crippen LogP contribution in [-0.2, 0) is 12.5 Å². The Labute approximate surface area is 139 Å². The summed E-state index contributed by atoms with van der Waals surface area (Å²) >= 11 is 0. The van der Waals surface area contributed by atoms with E-state index >= 15 is 0 Å². The van der Waals surface area contributed by atoms with Gasteiger partial charge < -0.3 is 0 Å². The number of aryl methyl sites for hydroxylation is 2. The topological polar surface area (TPSA) is 3.88 Å². The summed E-state index contributed by atoms with van der Waals surface area (Å²) < 4.78 is 10.2. The van der Waals surface area contributed by atoms with E-state index in [-0.39, 0.29) is 5.41 Å². The molecule has 0 saturated heterocycles. The Morgan fingerprint density at radius 2 is 1.74 bits per heavy atom. The Bertz CT molecular complexity index is 970. The standard InChI is InChI=1S/C22H22N/c1-15-13-20-18(14-17(15)21-11-7-8-12-23(21)4)16-9-5-6-10-19(16)22(20,2)3/h5-14H,1-4H3/q+1/i6D. The van der Waals surface area contributed by atoms with Crippen molar-refractivity contribution in [3.05, 3.63) is 77.5 Å². The first-order valence-corrected chi connectivity index (χ1v) is 8.11. The summed E-state index contributed by atoms with van der Waals surface area (Å²) in [7, 11) is 2.09. The van der Waals surface area contributed by atoms with Gasteiger partial charge in [0.25, 0.3) is 0 Å². The van der Waals surface area contributed by atoms with Crippen molar-refractivity contribution in [3.63, 3.8) is 0 Å². The average Bonchev–Trinajstić information content (AvgIpc) is 2.75. The van der Waals surface area contributed by atoms with E-state index in [0.717, 1.165) is 0 Å². The number of hydrogen-bond acceptors (Lipinski definition) is 0. The van der Waals surface area contributed by atoms with Crippen LogP contribution in [0.15, 0.2) is 60.8 Å². The maximum Gasteiger partial charge on any atom is 0.212 e. The Morgan fingerprint density at radius 1 is 0.913 bits per heavy atom. The van der Waals surface area contributed by atoms with Gasteiger partial charge in [0.15, 0.2) is 6.20 Å². The molecule has 2 aromatic carbocycles. The van der Waals surface area contributed by atoms with Gasteiger partial charge in [0.2, 0.25) is 5.69 Å². The third-order valence-corrected chi connectivity index (χ3v) is 5.20. The Kier molecular flexibility index (Phi) is 2.72. The predicted molar refractivity (Wildman–Crippen MR) is 95.4 cm³/mol. The molecule has 0 bridgehead atoms. The SMILES string of the molecule is [2H]c1ccc2c(c1)C(C)(C)c1cc(C)c(-c3cccc[n+]3C)cc1-2. The van der Waals surface area contributed by atoms with Gasteiger partial charge in [0.1, 0.15) is 7.05 Å². The predicted octanol–water partition coefficient (Wildman–Crippen LogP) is 4.79. The van der Waals surface area contributed by atoms with Crippen LogP contribution in [-0.4, -0.2) is 0 Å². The minimum absolute atomic E-state index is 0.0517. The van der Waals surface area contributed by atoms with Crippen molar-refractivity contribution >= 4 is 0 Å². The monoisotopic (exact) mass is 301 g/mol. The molecular weight excluding hydrogens is 278 g/mol. The van der Waals surface area contributed by atoms with Gasteiger partial charge in [0, 0.05) is 23.1 Å². The lowest BCUT2D eigenvalue weighted by Crippen LogP contribution is -2.30. The van der Waals surface area contributed by atoms with Gasteiger partial charge in [-0.2, -0.15) is 0 Å². The van der Waals surface area contributed by atoms with Crippen LogP contribution in [0, 0.1) is 6.92 Å². The largest absolute Gasteiger partial charge is 0.212 e. The highest BCUT2D eigenvalue weighted by Crippen LogP contribution is 2.49. The van der Waals surface area contributed by atoms with Crippen LogP contribution in [0.2, 0.25) is 0 Å². The minimum atomic E-state index is -0.0517. The second-order valence-electron chi connectivity index (χ2n) is 7.01. The molecule has 0 radical (unpaired) electrons. The first-order chi connectivity index (χ1) is 11.4. The Morgan fingerprint density at radius 3 is 2.52 bits per heavy atom. The van der Waals surface area contributed by atoms with Crippen LogP contribution in [0.3, 0.4) is 0 Å². The zero-order valence-corrected chi connectivity index (χ0v) is 14.1. The number of rotatable bonds is 1. The summed E-state index contributed by atoms with van der Waals surface area (Å²) in [5.74, 6) is 0. The van der Waals surface area contributed by atoms with Gasteiger partial charge >= 0.3 is 0 Å². The highest BCUT2D eigenvalue weighted by atomic mass is 14.9. The Hall–Kier alpha value is -2.41. The number of aromatic nitrogens is 1. The van der Waals surface area contributed by atoms with Crippen LogP contribution in [0.25, 0.3) is 22.4 Å². The smallest absolute Gasteiger partial charge is 0.201 e. The molecule has 114 valence electrons. The van der Waals surface area contributed by atoms with Crippen LogP contribution < -0.4 is 4.57 Å². The second kappa shape index (κ2) is 4.79. The minimum Gasteiger partial charge on any atom is -0.201 e. The van der Waals surface area contributed by atoms with Crippen molar-refractivity contribution in [2.24, 2.45) is 7.05 Å². The van der Waals surface area contributed by atoms with Gasteiger partial charge in [0.05, 0.1) is 1.37 Å². The fourth-order valence-corrected chi connectivity index (χ4v) is 3.85. The molecule has 0 N–H and O–H groups in total. The molecular formula is C22H22N+. The van der Waals surface area contributed by atoms with Crippen molar-refractivity contribution < 1.29 is 5.94 Å².